The SMILES string of the molecule is CCNC(=NCCC1CCCN(C(=O)OC(C)(C)C)C1)NC1CCCn2nc(C)nc21.I. The van der Waals surface area contributed by atoms with Crippen molar-refractivity contribution in [2.75, 3.05) is 26.2 Å². The molecule has 2 atom stereocenters. The number of likely N-dealkylation sites (tertiary alicyclic amines) is 1. The van der Waals surface area contributed by atoms with Crippen LogP contribution in [0.3, 0.4) is 0 Å². The van der Waals surface area contributed by atoms with Crippen molar-refractivity contribution in [1.29, 1.82) is 0 Å². The van der Waals surface area contributed by atoms with Crippen LogP contribution in [-0.4, -0.2) is 63.5 Å². The molecule has 1 aromatic rings. The fourth-order valence-corrected chi connectivity index (χ4v) is 4.24. The first-order valence-corrected chi connectivity index (χ1v) is 11.7. The van der Waals surface area contributed by atoms with Crippen LogP contribution < -0.4 is 10.6 Å². The Kier molecular flexibility index (Phi) is 10.0. The van der Waals surface area contributed by atoms with Gasteiger partial charge in [0, 0.05) is 32.7 Å². The van der Waals surface area contributed by atoms with Crippen molar-refractivity contribution in [2.45, 2.75) is 84.9 Å². The number of ether oxygens (including phenoxy) is 1. The van der Waals surface area contributed by atoms with Crippen molar-refractivity contribution >= 4 is 36.0 Å². The number of nitrogens with zero attached hydrogens (tertiary/aromatic N) is 5. The highest BCUT2D eigenvalue weighted by Gasteiger charge is 2.28. The summed E-state index contributed by atoms with van der Waals surface area (Å²) < 4.78 is 7.55. The number of carbonyl (C=O) groups is 1. The molecular formula is C22H40IN7O2. The van der Waals surface area contributed by atoms with Crippen molar-refractivity contribution < 1.29 is 9.53 Å². The van der Waals surface area contributed by atoms with E-state index in [1.807, 2.05) is 37.3 Å². The summed E-state index contributed by atoms with van der Waals surface area (Å²) in [6, 6.07) is 0.130. The zero-order valence-electron chi connectivity index (χ0n) is 20.2. The van der Waals surface area contributed by atoms with Gasteiger partial charge in [-0.05, 0) is 72.6 Å². The number of guanidine groups is 1. The summed E-state index contributed by atoms with van der Waals surface area (Å²) in [6.07, 6.45) is 5.00. The Labute approximate surface area is 209 Å². The van der Waals surface area contributed by atoms with Gasteiger partial charge in [0.05, 0.1) is 6.04 Å². The van der Waals surface area contributed by atoms with Crippen LogP contribution in [0.5, 0.6) is 0 Å². The van der Waals surface area contributed by atoms with E-state index in [9.17, 15) is 4.79 Å². The van der Waals surface area contributed by atoms with Crippen molar-refractivity contribution in [2.24, 2.45) is 10.9 Å². The van der Waals surface area contributed by atoms with Crippen molar-refractivity contribution in [3.8, 4) is 0 Å². The Balaban J connectivity index is 0.00000363. The summed E-state index contributed by atoms with van der Waals surface area (Å²) in [5, 5.41) is 11.4. The molecule has 9 nitrogen and oxygen atoms in total. The van der Waals surface area contributed by atoms with E-state index in [1.165, 1.54) is 0 Å². The minimum absolute atomic E-state index is 0. The van der Waals surface area contributed by atoms with Gasteiger partial charge >= 0.3 is 6.09 Å². The molecule has 0 saturated carbocycles. The molecule has 0 bridgehead atoms. The maximum atomic E-state index is 12.4. The molecule has 3 rings (SSSR count). The normalized spacial score (nSPS) is 21.4. The average molecular weight is 562 g/mol. The predicted molar refractivity (Wildman–Crippen MR) is 136 cm³/mol. The largest absolute Gasteiger partial charge is 0.444 e. The highest BCUT2D eigenvalue weighted by atomic mass is 127. The van der Waals surface area contributed by atoms with Gasteiger partial charge in [0.2, 0.25) is 0 Å². The molecule has 3 heterocycles. The number of hydrogen-bond donors (Lipinski definition) is 2. The quantitative estimate of drug-likeness (QED) is 0.324. The van der Waals surface area contributed by atoms with E-state index in [4.69, 9.17) is 9.73 Å². The van der Waals surface area contributed by atoms with E-state index in [2.05, 4.69) is 27.6 Å². The van der Waals surface area contributed by atoms with Gasteiger partial charge in [-0.15, -0.1) is 24.0 Å². The molecule has 0 aromatic carbocycles. The molecule has 0 radical (unpaired) electrons. The zero-order chi connectivity index (χ0) is 22.4. The molecule has 0 spiro atoms. The predicted octanol–water partition coefficient (Wildman–Crippen LogP) is 3.63. The first-order chi connectivity index (χ1) is 14.7. The Bertz CT molecular complexity index is 775. The molecule has 2 unspecified atom stereocenters. The number of amides is 1. The fraction of sp³-hybridized carbons (Fsp3) is 0.818. The number of rotatable bonds is 5. The molecule has 1 aromatic heterocycles. The van der Waals surface area contributed by atoms with E-state index < -0.39 is 5.60 Å². The van der Waals surface area contributed by atoms with Gasteiger partial charge in [-0.25, -0.2) is 14.5 Å². The monoisotopic (exact) mass is 561 g/mol. The molecule has 0 aliphatic carbocycles. The van der Waals surface area contributed by atoms with Gasteiger partial charge in [0.15, 0.2) is 5.96 Å². The fourth-order valence-electron chi connectivity index (χ4n) is 4.24. The Hall–Kier alpha value is -1.59. The first kappa shape index (κ1) is 26.7. The average Bonchev–Trinajstić information content (AvgIpc) is 3.08. The number of fused-ring (bicyclic) bond motifs is 1. The molecule has 1 saturated heterocycles. The van der Waals surface area contributed by atoms with Gasteiger partial charge in [-0.3, -0.25) is 4.99 Å². The molecule has 1 fully saturated rings. The molecular weight excluding hydrogens is 521 g/mol. The summed E-state index contributed by atoms with van der Waals surface area (Å²) >= 11 is 0. The Morgan fingerprint density at radius 1 is 1.25 bits per heavy atom. The van der Waals surface area contributed by atoms with E-state index in [1.54, 1.807) is 0 Å². The second-order valence-electron chi connectivity index (χ2n) is 9.56. The van der Waals surface area contributed by atoms with E-state index in [0.717, 1.165) is 82.4 Å². The van der Waals surface area contributed by atoms with Gasteiger partial charge < -0.3 is 20.3 Å². The van der Waals surface area contributed by atoms with Gasteiger partial charge in [0.1, 0.15) is 17.2 Å². The lowest BCUT2D eigenvalue weighted by molar-refractivity contribution is 0.0163. The molecule has 32 heavy (non-hydrogen) atoms. The maximum absolute atomic E-state index is 12.4. The van der Waals surface area contributed by atoms with Crippen LogP contribution in [0.15, 0.2) is 4.99 Å². The zero-order valence-corrected chi connectivity index (χ0v) is 22.5. The number of aryl methyl sites for hydroxylation is 2. The summed E-state index contributed by atoms with van der Waals surface area (Å²) in [5.74, 6) is 3.09. The summed E-state index contributed by atoms with van der Waals surface area (Å²) in [7, 11) is 0. The summed E-state index contributed by atoms with van der Waals surface area (Å²) in [5.41, 5.74) is -0.456. The third kappa shape index (κ3) is 7.77. The highest BCUT2D eigenvalue weighted by molar-refractivity contribution is 14.0. The van der Waals surface area contributed by atoms with Crippen LogP contribution in [0.2, 0.25) is 0 Å². The standard InChI is InChI=1S/C22H39N7O2.HI/c1-6-23-20(26-18-10-8-14-29-19(18)25-16(2)27-29)24-12-11-17-9-7-13-28(15-17)21(30)31-22(3,4)5;/h17-18H,6-15H2,1-5H3,(H2,23,24,26);1H. The van der Waals surface area contributed by atoms with E-state index in [0.29, 0.717) is 5.92 Å². The minimum Gasteiger partial charge on any atom is -0.444 e. The lowest BCUT2D eigenvalue weighted by atomic mass is 9.95. The molecule has 182 valence electrons. The second-order valence-corrected chi connectivity index (χ2v) is 9.56. The van der Waals surface area contributed by atoms with Crippen LogP contribution in [0.4, 0.5) is 4.79 Å². The third-order valence-electron chi connectivity index (χ3n) is 5.61. The lowest BCUT2D eigenvalue weighted by Crippen LogP contribution is -2.43. The van der Waals surface area contributed by atoms with E-state index >= 15 is 0 Å². The number of halogens is 1. The number of aromatic nitrogens is 3. The molecule has 1 amide bonds. The summed E-state index contributed by atoms with van der Waals surface area (Å²) in [6.45, 7) is 13.7. The molecule has 2 N–H and O–H groups in total. The molecule has 10 heteroatoms. The summed E-state index contributed by atoms with van der Waals surface area (Å²) in [4.78, 5) is 23.7. The number of hydrogen-bond acceptors (Lipinski definition) is 5. The number of aliphatic imine (C=N–C) groups is 1. The van der Waals surface area contributed by atoms with E-state index in [-0.39, 0.29) is 36.1 Å². The first-order valence-electron chi connectivity index (χ1n) is 11.7. The lowest BCUT2D eigenvalue weighted by Gasteiger charge is -2.34. The molecule has 2 aliphatic rings. The molecule has 2 aliphatic heterocycles. The topological polar surface area (TPSA) is 96.7 Å². The number of nitrogens with one attached hydrogen (secondary N) is 2. The van der Waals surface area contributed by atoms with Gasteiger partial charge in [0.25, 0.3) is 0 Å². The van der Waals surface area contributed by atoms with Crippen molar-refractivity contribution in [3.05, 3.63) is 11.6 Å². The third-order valence-corrected chi connectivity index (χ3v) is 5.61. The van der Waals surface area contributed by atoms with Crippen LogP contribution in [0.25, 0.3) is 0 Å². The Morgan fingerprint density at radius 3 is 2.72 bits per heavy atom. The minimum atomic E-state index is -0.456. The van der Waals surface area contributed by atoms with Crippen LogP contribution in [-0.2, 0) is 11.3 Å². The smallest absolute Gasteiger partial charge is 0.410 e. The number of piperidine rings is 1. The van der Waals surface area contributed by atoms with Crippen molar-refractivity contribution in [1.82, 2.24) is 30.3 Å². The number of carbonyl (C=O) groups excluding carboxylic acids is 1. The van der Waals surface area contributed by atoms with Gasteiger partial charge in [-0.2, -0.15) is 5.10 Å². The van der Waals surface area contributed by atoms with Crippen LogP contribution in [0.1, 0.15) is 77.5 Å². The highest BCUT2D eigenvalue weighted by Crippen LogP contribution is 2.24. The van der Waals surface area contributed by atoms with Crippen molar-refractivity contribution in [3.63, 3.8) is 0 Å². The Morgan fingerprint density at radius 2 is 2.00 bits per heavy atom. The van der Waals surface area contributed by atoms with Gasteiger partial charge in [-0.1, -0.05) is 0 Å². The second kappa shape index (κ2) is 12.0. The van der Waals surface area contributed by atoms with Crippen LogP contribution >= 0.6 is 24.0 Å². The van der Waals surface area contributed by atoms with Crippen LogP contribution in [0, 0.1) is 12.8 Å². The maximum Gasteiger partial charge on any atom is 0.410 e.